The highest BCUT2D eigenvalue weighted by Gasteiger charge is 2.11. The van der Waals surface area contributed by atoms with Gasteiger partial charge in [-0.05, 0) is 17.7 Å². The van der Waals surface area contributed by atoms with Crippen molar-refractivity contribution < 1.29 is 4.79 Å². The first kappa shape index (κ1) is 13.2. The van der Waals surface area contributed by atoms with Gasteiger partial charge in [-0.25, -0.2) is 0 Å². The predicted octanol–water partition coefficient (Wildman–Crippen LogP) is 2.53. The van der Waals surface area contributed by atoms with Crippen LogP contribution >= 0.6 is 0 Å². The molecule has 0 N–H and O–H groups in total. The Morgan fingerprint density at radius 1 is 1.05 bits per heavy atom. The molecule has 0 amide bonds. The monoisotopic (exact) mass is 278 g/mol. The average molecular weight is 278 g/mol. The minimum Gasteiger partial charge on any atom is -0.292 e. The summed E-state index contributed by atoms with van der Waals surface area (Å²) in [5, 5.41) is 12.3. The number of ketones is 1. The molecule has 0 aliphatic carbocycles. The van der Waals surface area contributed by atoms with Crippen LogP contribution in [0, 0.1) is 6.92 Å². The average Bonchev–Trinajstić information content (AvgIpc) is 2.97. The summed E-state index contributed by atoms with van der Waals surface area (Å²) in [6, 6.07) is 16.9. The van der Waals surface area contributed by atoms with Gasteiger partial charge in [-0.15, -0.1) is 10.2 Å². The number of rotatable bonds is 4. The SMILES string of the molecule is Cc1ccccc1-c1nnn(CC(=O)c2ccccc2)n1. The zero-order chi connectivity index (χ0) is 14.7. The van der Waals surface area contributed by atoms with E-state index >= 15 is 0 Å². The molecule has 0 unspecified atom stereocenters. The fourth-order valence-electron chi connectivity index (χ4n) is 2.09. The van der Waals surface area contributed by atoms with Gasteiger partial charge in [-0.3, -0.25) is 4.79 Å². The summed E-state index contributed by atoms with van der Waals surface area (Å²) in [6.07, 6.45) is 0. The maximum Gasteiger partial charge on any atom is 0.205 e. The van der Waals surface area contributed by atoms with Crippen molar-refractivity contribution in [2.24, 2.45) is 0 Å². The van der Waals surface area contributed by atoms with Gasteiger partial charge in [0.1, 0.15) is 6.54 Å². The summed E-state index contributed by atoms with van der Waals surface area (Å²) in [5.74, 6) is 0.498. The quantitative estimate of drug-likeness (QED) is 0.688. The number of aromatic nitrogens is 4. The number of hydrogen-bond acceptors (Lipinski definition) is 4. The lowest BCUT2D eigenvalue weighted by molar-refractivity contribution is 0.0961. The summed E-state index contributed by atoms with van der Waals surface area (Å²) in [7, 11) is 0. The first-order valence-electron chi connectivity index (χ1n) is 6.66. The Morgan fingerprint density at radius 3 is 2.52 bits per heavy atom. The molecule has 0 fully saturated rings. The molecule has 5 nitrogen and oxygen atoms in total. The molecule has 104 valence electrons. The summed E-state index contributed by atoms with van der Waals surface area (Å²) < 4.78 is 0. The topological polar surface area (TPSA) is 60.7 Å². The molecule has 0 radical (unpaired) electrons. The van der Waals surface area contributed by atoms with E-state index in [0.717, 1.165) is 11.1 Å². The van der Waals surface area contributed by atoms with Crippen LogP contribution in [-0.4, -0.2) is 26.0 Å². The van der Waals surface area contributed by atoms with Crippen molar-refractivity contribution in [2.45, 2.75) is 13.5 Å². The minimum atomic E-state index is -0.0377. The molecule has 0 aliphatic heterocycles. The van der Waals surface area contributed by atoms with E-state index in [-0.39, 0.29) is 12.3 Å². The van der Waals surface area contributed by atoms with E-state index in [9.17, 15) is 4.79 Å². The van der Waals surface area contributed by atoms with Crippen molar-refractivity contribution in [1.82, 2.24) is 20.2 Å². The molecule has 0 saturated heterocycles. The van der Waals surface area contributed by atoms with Gasteiger partial charge < -0.3 is 0 Å². The van der Waals surface area contributed by atoms with Crippen LogP contribution in [0.3, 0.4) is 0 Å². The third-order valence-electron chi connectivity index (χ3n) is 3.22. The number of benzene rings is 2. The predicted molar refractivity (Wildman–Crippen MR) is 78.8 cm³/mol. The number of carbonyl (C=O) groups is 1. The van der Waals surface area contributed by atoms with Crippen LogP contribution in [0.25, 0.3) is 11.4 Å². The van der Waals surface area contributed by atoms with Crippen LogP contribution in [0.1, 0.15) is 15.9 Å². The molecule has 3 aromatic rings. The van der Waals surface area contributed by atoms with Crippen molar-refractivity contribution in [3.05, 3.63) is 65.7 Å². The Morgan fingerprint density at radius 2 is 1.76 bits per heavy atom. The smallest absolute Gasteiger partial charge is 0.205 e. The first-order chi connectivity index (χ1) is 10.2. The second kappa shape index (κ2) is 5.66. The van der Waals surface area contributed by atoms with Gasteiger partial charge in [0.05, 0.1) is 0 Å². The molecule has 21 heavy (non-hydrogen) atoms. The van der Waals surface area contributed by atoms with Gasteiger partial charge in [0.2, 0.25) is 5.82 Å². The van der Waals surface area contributed by atoms with Crippen LogP contribution in [0.4, 0.5) is 0 Å². The van der Waals surface area contributed by atoms with Crippen LogP contribution in [0.5, 0.6) is 0 Å². The lowest BCUT2D eigenvalue weighted by atomic mass is 10.1. The summed E-state index contributed by atoms with van der Waals surface area (Å²) >= 11 is 0. The van der Waals surface area contributed by atoms with Crippen molar-refractivity contribution in [3.8, 4) is 11.4 Å². The number of aryl methyl sites for hydroxylation is 1. The van der Waals surface area contributed by atoms with Gasteiger partial charge in [0.25, 0.3) is 0 Å². The van der Waals surface area contributed by atoms with E-state index in [4.69, 9.17) is 0 Å². The van der Waals surface area contributed by atoms with E-state index < -0.39 is 0 Å². The zero-order valence-electron chi connectivity index (χ0n) is 11.6. The van der Waals surface area contributed by atoms with E-state index in [1.807, 2.05) is 49.4 Å². The number of tetrazole rings is 1. The molecule has 0 spiro atoms. The van der Waals surface area contributed by atoms with Gasteiger partial charge in [-0.2, -0.15) is 4.80 Å². The molecule has 5 heteroatoms. The second-order valence-corrected chi connectivity index (χ2v) is 4.75. The number of nitrogens with zero attached hydrogens (tertiary/aromatic N) is 4. The van der Waals surface area contributed by atoms with Crippen molar-refractivity contribution in [2.75, 3.05) is 0 Å². The van der Waals surface area contributed by atoms with Gasteiger partial charge in [0, 0.05) is 11.1 Å². The standard InChI is InChI=1S/C16H14N4O/c1-12-7-5-6-10-14(12)16-17-19-20(18-16)11-15(21)13-8-3-2-4-9-13/h2-10H,11H2,1H3. The highest BCUT2D eigenvalue weighted by molar-refractivity contribution is 5.95. The molecular formula is C16H14N4O. The van der Waals surface area contributed by atoms with Crippen molar-refractivity contribution in [1.29, 1.82) is 0 Å². The zero-order valence-corrected chi connectivity index (χ0v) is 11.6. The number of Topliss-reactive ketones (excluding diaryl/α,β-unsaturated/α-hetero) is 1. The summed E-state index contributed by atoms with van der Waals surface area (Å²) in [6.45, 7) is 2.08. The molecule has 1 aromatic heterocycles. The Kier molecular flexibility index (Phi) is 3.55. The molecule has 0 aliphatic rings. The number of hydrogen-bond donors (Lipinski definition) is 0. The fourth-order valence-corrected chi connectivity index (χ4v) is 2.09. The van der Waals surface area contributed by atoms with Gasteiger partial charge in [-0.1, -0.05) is 54.6 Å². The van der Waals surface area contributed by atoms with Gasteiger partial charge in [0.15, 0.2) is 5.78 Å². The molecule has 0 atom stereocenters. The number of carbonyl (C=O) groups excluding carboxylic acids is 1. The third-order valence-corrected chi connectivity index (χ3v) is 3.22. The normalized spacial score (nSPS) is 10.5. The largest absolute Gasteiger partial charge is 0.292 e. The Hall–Kier alpha value is -2.82. The van der Waals surface area contributed by atoms with Crippen molar-refractivity contribution >= 4 is 5.78 Å². The minimum absolute atomic E-state index is 0.0377. The van der Waals surface area contributed by atoms with Crippen LogP contribution in [0.15, 0.2) is 54.6 Å². The highest BCUT2D eigenvalue weighted by atomic mass is 16.1. The van der Waals surface area contributed by atoms with Crippen LogP contribution < -0.4 is 0 Å². The van der Waals surface area contributed by atoms with E-state index in [1.165, 1.54) is 4.80 Å². The van der Waals surface area contributed by atoms with Crippen LogP contribution in [0.2, 0.25) is 0 Å². The van der Waals surface area contributed by atoms with Crippen LogP contribution in [-0.2, 0) is 6.54 Å². The lowest BCUT2D eigenvalue weighted by Crippen LogP contribution is -2.13. The first-order valence-corrected chi connectivity index (χ1v) is 6.66. The van der Waals surface area contributed by atoms with E-state index in [1.54, 1.807) is 12.1 Å². The maximum atomic E-state index is 12.1. The summed E-state index contributed by atoms with van der Waals surface area (Å²) in [4.78, 5) is 13.4. The Balaban J connectivity index is 1.80. The molecular weight excluding hydrogens is 264 g/mol. The third kappa shape index (κ3) is 2.86. The second-order valence-electron chi connectivity index (χ2n) is 4.75. The Bertz CT molecular complexity index is 765. The Labute approximate surface area is 122 Å². The molecule has 1 heterocycles. The highest BCUT2D eigenvalue weighted by Crippen LogP contribution is 2.17. The fraction of sp³-hybridized carbons (Fsp3) is 0.125. The maximum absolute atomic E-state index is 12.1. The lowest BCUT2D eigenvalue weighted by Gasteiger charge is -2.00. The molecule has 3 rings (SSSR count). The molecule has 2 aromatic carbocycles. The molecule has 0 bridgehead atoms. The van der Waals surface area contributed by atoms with Gasteiger partial charge >= 0.3 is 0 Å². The molecule has 0 saturated carbocycles. The van der Waals surface area contributed by atoms with E-state index in [2.05, 4.69) is 15.4 Å². The summed E-state index contributed by atoms with van der Waals surface area (Å²) in [5.41, 5.74) is 2.65. The van der Waals surface area contributed by atoms with E-state index in [0.29, 0.717) is 11.4 Å². The van der Waals surface area contributed by atoms with Crippen molar-refractivity contribution in [3.63, 3.8) is 0 Å².